The van der Waals surface area contributed by atoms with Gasteiger partial charge >= 0.3 is 0 Å². The number of ether oxygens (including phenoxy) is 1. The smallest absolute Gasteiger partial charge is 0.157 e. The second-order valence-electron chi connectivity index (χ2n) is 6.23. The van der Waals surface area contributed by atoms with E-state index in [1.54, 1.807) is 6.92 Å². The maximum atomic E-state index is 5.37. The molecule has 0 aromatic carbocycles. The Hall–Kier alpha value is -2.70. The molecule has 138 valence electrons. The average molecular weight is 379 g/mol. The molecule has 3 aromatic heterocycles. The summed E-state index contributed by atoms with van der Waals surface area (Å²) >= 11 is 4.94. The maximum Gasteiger partial charge on any atom is 0.157 e. The van der Waals surface area contributed by atoms with E-state index in [0.29, 0.717) is 18.2 Å². The van der Waals surface area contributed by atoms with Crippen LogP contribution in [-0.2, 0) is 31.0 Å². The lowest BCUT2D eigenvalue weighted by Crippen LogP contribution is -2.24. The van der Waals surface area contributed by atoms with E-state index in [9.17, 15) is 0 Å². The summed E-state index contributed by atoms with van der Waals surface area (Å²) < 4.78 is 5.37. The fourth-order valence-electron chi connectivity index (χ4n) is 2.66. The van der Waals surface area contributed by atoms with Crippen LogP contribution < -0.4 is 0 Å². The maximum absolute atomic E-state index is 5.37. The zero-order valence-electron chi connectivity index (χ0n) is 15.3. The fraction of sp³-hybridized carbons (Fsp3) is 0.238. The highest BCUT2D eigenvalue weighted by Gasteiger charge is 2.11. The molecule has 0 atom stereocenters. The predicted octanol–water partition coefficient (Wildman–Crippen LogP) is 3.94. The van der Waals surface area contributed by atoms with Gasteiger partial charge in [-0.15, -0.1) is 0 Å². The Morgan fingerprint density at radius 3 is 1.89 bits per heavy atom. The van der Waals surface area contributed by atoms with Gasteiger partial charge in [0.05, 0.1) is 17.1 Å². The summed E-state index contributed by atoms with van der Waals surface area (Å²) in [6, 6.07) is 16.0. The van der Waals surface area contributed by atoms with Crippen molar-refractivity contribution in [2.24, 2.45) is 0 Å². The number of rotatable bonds is 8. The quantitative estimate of drug-likeness (QED) is 0.554. The molecular weight excluding hydrogens is 356 g/mol. The van der Waals surface area contributed by atoms with Gasteiger partial charge in [0, 0.05) is 50.7 Å². The van der Waals surface area contributed by atoms with Gasteiger partial charge in [0.15, 0.2) is 5.05 Å². The number of nitrogens with zero attached hydrogens (tertiary/aromatic N) is 4. The molecule has 0 N–H and O–H groups in total. The Labute approximate surface area is 165 Å². The number of hydrogen-bond donors (Lipinski definition) is 0. The van der Waals surface area contributed by atoms with E-state index in [4.69, 9.17) is 17.0 Å². The first-order valence-corrected chi connectivity index (χ1v) is 9.19. The van der Waals surface area contributed by atoms with Gasteiger partial charge < -0.3 is 4.74 Å². The second-order valence-corrected chi connectivity index (χ2v) is 6.80. The molecule has 27 heavy (non-hydrogen) atoms. The van der Waals surface area contributed by atoms with Crippen molar-refractivity contribution in [1.29, 1.82) is 0 Å². The van der Waals surface area contributed by atoms with Crippen LogP contribution in [0.5, 0.6) is 0 Å². The number of thiocarbonyl (C=S) groups is 1. The van der Waals surface area contributed by atoms with Crippen LogP contribution in [0.2, 0.25) is 0 Å². The van der Waals surface area contributed by atoms with Crippen molar-refractivity contribution >= 4 is 17.3 Å². The standard InChI is InChI=1S/C21H22N4OS/c1-17(27)26-16-18-8-9-21(24-12-18)15-25(13-19-6-2-4-10-22-19)14-20-7-3-5-11-23-20/h2-12H,13-16H2,1H3. The third-order valence-electron chi connectivity index (χ3n) is 3.94. The molecule has 0 amide bonds. The minimum atomic E-state index is 0.453. The monoisotopic (exact) mass is 378 g/mol. The third kappa shape index (κ3) is 6.51. The minimum absolute atomic E-state index is 0.453. The van der Waals surface area contributed by atoms with Gasteiger partial charge in [-0.25, -0.2) is 0 Å². The molecule has 3 heterocycles. The van der Waals surface area contributed by atoms with Crippen molar-refractivity contribution in [1.82, 2.24) is 19.9 Å². The Morgan fingerprint density at radius 1 is 0.852 bits per heavy atom. The highest BCUT2D eigenvalue weighted by molar-refractivity contribution is 7.80. The van der Waals surface area contributed by atoms with Gasteiger partial charge in [0.2, 0.25) is 0 Å². The van der Waals surface area contributed by atoms with Gasteiger partial charge in [-0.05, 0) is 42.5 Å². The van der Waals surface area contributed by atoms with E-state index < -0.39 is 0 Å². The summed E-state index contributed by atoms with van der Waals surface area (Å²) in [6.07, 6.45) is 5.48. The fourth-order valence-corrected chi connectivity index (χ4v) is 2.72. The zero-order chi connectivity index (χ0) is 18.9. The first-order valence-electron chi connectivity index (χ1n) is 8.78. The Morgan fingerprint density at radius 2 is 1.44 bits per heavy atom. The molecule has 0 bridgehead atoms. The van der Waals surface area contributed by atoms with Crippen LogP contribution in [0, 0.1) is 0 Å². The van der Waals surface area contributed by atoms with Crippen molar-refractivity contribution in [3.63, 3.8) is 0 Å². The summed E-state index contributed by atoms with van der Waals surface area (Å²) in [6.45, 7) is 4.39. The molecule has 0 spiro atoms. The lowest BCUT2D eigenvalue weighted by atomic mass is 10.2. The molecule has 0 saturated carbocycles. The van der Waals surface area contributed by atoms with E-state index in [1.807, 2.05) is 67.1 Å². The van der Waals surface area contributed by atoms with Crippen LogP contribution in [0.3, 0.4) is 0 Å². The average Bonchev–Trinajstić information content (AvgIpc) is 2.69. The van der Waals surface area contributed by atoms with Gasteiger partial charge in [-0.1, -0.05) is 18.2 Å². The van der Waals surface area contributed by atoms with Gasteiger partial charge in [-0.3, -0.25) is 19.9 Å². The van der Waals surface area contributed by atoms with Crippen LogP contribution in [-0.4, -0.2) is 24.9 Å². The summed E-state index contributed by atoms with van der Waals surface area (Å²) in [5.74, 6) is 0. The highest BCUT2D eigenvalue weighted by atomic mass is 32.1. The Balaban J connectivity index is 1.69. The molecule has 0 aliphatic heterocycles. The Kier molecular flexibility index (Phi) is 6.96. The van der Waals surface area contributed by atoms with E-state index in [2.05, 4.69) is 19.9 Å². The van der Waals surface area contributed by atoms with E-state index in [1.165, 1.54) is 0 Å². The van der Waals surface area contributed by atoms with E-state index in [0.717, 1.165) is 35.7 Å². The van der Waals surface area contributed by atoms with E-state index in [-0.39, 0.29) is 0 Å². The lowest BCUT2D eigenvalue weighted by Gasteiger charge is -2.21. The van der Waals surface area contributed by atoms with Crippen molar-refractivity contribution < 1.29 is 4.74 Å². The van der Waals surface area contributed by atoms with Crippen LogP contribution >= 0.6 is 12.2 Å². The second kappa shape index (κ2) is 9.85. The molecule has 0 aliphatic rings. The van der Waals surface area contributed by atoms with Crippen molar-refractivity contribution in [2.75, 3.05) is 0 Å². The van der Waals surface area contributed by atoms with Gasteiger partial charge in [-0.2, -0.15) is 0 Å². The van der Waals surface area contributed by atoms with Crippen LogP contribution in [0.1, 0.15) is 29.6 Å². The third-order valence-corrected chi connectivity index (χ3v) is 4.06. The van der Waals surface area contributed by atoms with Crippen LogP contribution in [0.4, 0.5) is 0 Å². The first kappa shape index (κ1) is 19.1. The molecule has 0 aliphatic carbocycles. The molecule has 0 radical (unpaired) electrons. The van der Waals surface area contributed by atoms with Crippen molar-refractivity contribution in [3.05, 3.63) is 89.8 Å². The van der Waals surface area contributed by atoms with Gasteiger partial charge in [0.1, 0.15) is 6.61 Å². The molecule has 0 saturated heterocycles. The normalized spacial score (nSPS) is 10.7. The van der Waals surface area contributed by atoms with E-state index >= 15 is 0 Å². The summed E-state index contributed by atoms with van der Waals surface area (Å²) in [5.41, 5.74) is 4.04. The molecule has 6 heteroatoms. The minimum Gasteiger partial charge on any atom is -0.483 e. The van der Waals surface area contributed by atoms with Crippen molar-refractivity contribution in [3.8, 4) is 0 Å². The topological polar surface area (TPSA) is 51.1 Å². The van der Waals surface area contributed by atoms with Crippen LogP contribution in [0.15, 0.2) is 67.1 Å². The summed E-state index contributed by atoms with van der Waals surface area (Å²) in [4.78, 5) is 15.7. The lowest BCUT2D eigenvalue weighted by molar-refractivity contribution is 0.238. The molecule has 3 rings (SSSR count). The highest BCUT2D eigenvalue weighted by Crippen LogP contribution is 2.12. The zero-order valence-corrected chi connectivity index (χ0v) is 16.1. The molecule has 5 nitrogen and oxygen atoms in total. The summed E-state index contributed by atoms with van der Waals surface area (Å²) in [5, 5.41) is 0.538. The van der Waals surface area contributed by atoms with Crippen molar-refractivity contribution in [2.45, 2.75) is 33.2 Å². The molecule has 3 aromatic rings. The molecular formula is C21H22N4OS. The predicted molar refractivity (Wildman–Crippen MR) is 109 cm³/mol. The molecule has 0 fully saturated rings. The number of aromatic nitrogens is 3. The SMILES string of the molecule is CC(=S)OCc1ccc(CN(Cc2ccccn2)Cc2ccccn2)nc1. The number of pyridine rings is 3. The first-order chi connectivity index (χ1) is 13.2. The Bertz CT molecular complexity index is 800. The summed E-state index contributed by atoms with van der Waals surface area (Å²) in [7, 11) is 0. The van der Waals surface area contributed by atoms with Gasteiger partial charge in [0.25, 0.3) is 0 Å². The largest absolute Gasteiger partial charge is 0.483 e. The molecule has 0 unspecified atom stereocenters. The van der Waals surface area contributed by atoms with Crippen LogP contribution in [0.25, 0.3) is 0 Å². The number of hydrogen-bond acceptors (Lipinski definition) is 6.